The van der Waals surface area contributed by atoms with E-state index in [2.05, 4.69) is 0 Å². The predicted molar refractivity (Wildman–Crippen MR) is 133 cm³/mol. The van der Waals surface area contributed by atoms with Gasteiger partial charge in [-0.3, -0.25) is 19.2 Å². The molecule has 2 aliphatic carbocycles. The molecule has 0 radical (unpaired) electrons. The summed E-state index contributed by atoms with van der Waals surface area (Å²) in [6, 6.07) is 16.9. The largest absolute Gasteiger partial charge is 0.489 e. The molecule has 0 N–H and O–H groups in total. The molecule has 0 spiro atoms. The van der Waals surface area contributed by atoms with Gasteiger partial charge in [-0.15, -0.1) is 0 Å². The standard InChI is InChI=1S/C30H34O5/c1-29(2)14-21(31)27(22(32)15-29)26(28-23(33)16-30(3,4)17-24(28)34)20-12-8-9-13-25(20)35-18-19-10-6-5-7-11-19/h5-13,26-28H,14-18H2,1-4H3. The first-order valence-electron chi connectivity index (χ1n) is 12.3. The van der Waals surface area contributed by atoms with Crippen LogP contribution in [-0.2, 0) is 25.8 Å². The Morgan fingerprint density at radius 3 is 1.60 bits per heavy atom. The zero-order chi connectivity index (χ0) is 25.4. The van der Waals surface area contributed by atoms with Crippen LogP contribution in [0.5, 0.6) is 5.75 Å². The first-order chi connectivity index (χ1) is 16.5. The van der Waals surface area contributed by atoms with Gasteiger partial charge in [-0.25, -0.2) is 0 Å². The molecule has 0 amide bonds. The number of benzene rings is 2. The Morgan fingerprint density at radius 1 is 0.686 bits per heavy atom. The molecule has 35 heavy (non-hydrogen) atoms. The molecule has 2 saturated carbocycles. The molecular formula is C30H34O5. The Balaban J connectivity index is 1.77. The molecule has 2 aliphatic rings. The smallest absolute Gasteiger partial charge is 0.144 e. The summed E-state index contributed by atoms with van der Waals surface area (Å²) in [7, 11) is 0. The van der Waals surface area contributed by atoms with Crippen molar-refractivity contribution >= 4 is 23.1 Å². The lowest BCUT2D eigenvalue weighted by Gasteiger charge is -2.41. The van der Waals surface area contributed by atoms with Gasteiger partial charge in [0.2, 0.25) is 0 Å². The summed E-state index contributed by atoms with van der Waals surface area (Å²) in [6.07, 6.45) is 0.974. The van der Waals surface area contributed by atoms with Gasteiger partial charge in [-0.1, -0.05) is 76.2 Å². The van der Waals surface area contributed by atoms with Crippen LogP contribution < -0.4 is 4.74 Å². The van der Waals surface area contributed by atoms with Crippen LogP contribution in [0, 0.1) is 22.7 Å². The number of para-hydroxylation sites is 1. The SMILES string of the molecule is CC1(C)CC(=O)C(C(c2ccccc2OCc2ccccc2)C2C(=O)CC(C)(C)CC2=O)C(=O)C1. The Hall–Kier alpha value is -3.08. The monoisotopic (exact) mass is 474 g/mol. The Labute approximate surface area is 207 Å². The lowest BCUT2D eigenvalue weighted by atomic mass is 9.59. The summed E-state index contributed by atoms with van der Waals surface area (Å²) in [4.78, 5) is 53.7. The predicted octanol–water partition coefficient (Wildman–Crippen LogP) is 5.50. The molecule has 5 heteroatoms. The first-order valence-corrected chi connectivity index (χ1v) is 12.3. The van der Waals surface area contributed by atoms with Crippen LogP contribution >= 0.6 is 0 Å². The Bertz CT molecular complexity index is 1060. The van der Waals surface area contributed by atoms with Crippen molar-refractivity contribution in [2.45, 2.75) is 65.9 Å². The number of carbonyl (C=O) groups is 4. The summed E-state index contributed by atoms with van der Waals surface area (Å²) in [5.74, 6) is -3.18. The number of hydrogen-bond donors (Lipinski definition) is 0. The van der Waals surface area contributed by atoms with E-state index in [9.17, 15) is 19.2 Å². The van der Waals surface area contributed by atoms with Gasteiger partial charge in [0.1, 0.15) is 35.5 Å². The fourth-order valence-corrected chi connectivity index (χ4v) is 5.79. The molecule has 2 aromatic carbocycles. The minimum absolute atomic E-state index is 0.195. The normalized spacial score (nSPS) is 20.9. The third-order valence-electron chi connectivity index (χ3n) is 7.23. The van der Waals surface area contributed by atoms with Gasteiger partial charge in [0.05, 0.1) is 11.8 Å². The second-order valence-corrected chi connectivity index (χ2v) is 11.7. The van der Waals surface area contributed by atoms with Crippen molar-refractivity contribution in [3.05, 3.63) is 65.7 Å². The number of hydrogen-bond acceptors (Lipinski definition) is 5. The van der Waals surface area contributed by atoms with E-state index in [1.54, 1.807) is 18.2 Å². The van der Waals surface area contributed by atoms with Crippen molar-refractivity contribution < 1.29 is 23.9 Å². The second-order valence-electron chi connectivity index (χ2n) is 11.7. The molecule has 0 heterocycles. The molecule has 2 fully saturated rings. The maximum atomic E-state index is 13.4. The molecule has 0 aliphatic heterocycles. The average molecular weight is 475 g/mol. The zero-order valence-electron chi connectivity index (χ0n) is 21.0. The van der Waals surface area contributed by atoms with Crippen LogP contribution in [-0.4, -0.2) is 23.1 Å². The number of ether oxygens (including phenoxy) is 1. The molecule has 4 rings (SSSR count). The Kier molecular flexibility index (Phi) is 6.81. The fourth-order valence-electron chi connectivity index (χ4n) is 5.79. The van der Waals surface area contributed by atoms with Crippen molar-refractivity contribution in [3.63, 3.8) is 0 Å². The van der Waals surface area contributed by atoms with Crippen LogP contribution in [0.3, 0.4) is 0 Å². The van der Waals surface area contributed by atoms with Crippen molar-refractivity contribution in [1.29, 1.82) is 0 Å². The maximum Gasteiger partial charge on any atom is 0.144 e. The van der Waals surface area contributed by atoms with Gasteiger partial charge < -0.3 is 4.74 Å². The van der Waals surface area contributed by atoms with E-state index in [0.717, 1.165) is 5.56 Å². The molecule has 2 aromatic rings. The summed E-state index contributed by atoms with van der Waals surface area (Å²) in [5, 5.41) is 0. The first kappa shape index (κ1) is 25.0. The highest BCUT2D eigenvalue weighted by molar-refractivity contribution is 6.11. The fraction of sp³-hybridized carbons (Fsp3) is 0.467. The molecular weight excluding hydrogens is 440 g/mol. The van der Waals surface area contributed by atoms with Crippen molar-refractivity contribution in [2.75, 3.05) is 0 Å². The molecule has 0 saturated heterocycles. The van der Waals surface area contributed by atoms with Crippen LogP contribution in [0.15, 0.2) is 54.6 Å². The second kappa shape index (κ2) is 9.52. The van der Waals surface area contributed by atoms with E-state index in [0.29, 0.717) is 17.9 Å². The molecule has 5 nitrogen and oxygen atoms in total. The van der Waals surface area contributed by atoms with Crippen LogP contribution in [0.4, 0.5) is 0 Å². The topological polar surface area (TPSA) is 77.5 Å². The molecule has 0 atom stereocenters. The van der Waals surface area contributed by atoms with Crippen molar-refractivity contribution in [2.24, 2.45) is 22.7 Å². The van der Waals surface area contributed by atoms with Gasteiger partial charge in [-0.2, -0.15) is 0 Å². The van der Waals surface area contributed by atoms with Gasteiger partial charge in [-0.05, 0) is 28.0 Å². The molecule has 184 valence electrons. The highest BCUT2D eigenvalue weighted by Crippen LogP contribution is 2.48. The summed E-state index contributed by atoms with van der Waals surface area (Å²) >= 11 is 0. The molecule has 0 aromatic heterocycles. The van der Waals surface area contributed by atoms with E-state index in [4.69, 9.17) is 4.74 Å². The number of rotatable bonds is 6. The maximum absolute atomic E-state index is 13.4. The quantitative estimate of drug-likeness (QED) is 0.517. The van der Waals surface area contributed by atoms with E-state index in [1.807, 2.05) is 64.1 Å². The minimum atomic E-state index is -1.02. The van der Waals surface area contributed by atoms with E-state index in [-0.39, 0.29) is 48.8 Å². The van der Waals surface area contributed by atoms with Gasteiger partial charge in [0.15, 0.2) is 0 Å². The molecule has 0 unspecified atom stereocenters. The van der Waals surface area contributed by atoms with Gasteiger partial charge in [0, 0.05) is 31.6 Å². The number of Topliss-reactive ketones (excluding diaryl/α,β-unsaturated/α-hetero) is 4. The lowest BCUT2D eigenvalue weighted by molar-refractivity contribution is -0.145. The van der Waals surface area contributed by atoms with Crippen molar-refractivity contribution in [1.82, 2.24) is 0 Å². The van der Waals surface area contributed by atoms with Gasteiger partial charge in [0.25, 0.3) is 0 Å². The highest BCUT2D eigenvalue weighted by Gasteiger charge is 2.52. The average Bonchev–Trinajstić information content (AvgIpc) is 2.75. The van der Waals surface area contributed by atoms with E-state index in [1.165, 1.54) is 0 Å². The van der Waals surface area contributed by atoms with E-state index < -0.39 is 28.6 Å². The number of ketones is 4. The van der Waals surface area contributed by atoms with Crippen molar-refractivity contribution in [3.8, 4) is 5.75 Å². The Morgan fingerprint density at radius 2 is 1.11 bits per heavy atom. The summed E-state index contributed by atoms with van der Waals surface area (Å²) in [6.45, 7) is 7.92. The van der Waals surface area contributed by atoms with E-state index >= 15 is 0 Å². The third-order valence-corrected chi connectivity index (χ3v) is 7.23. The van der Waals surface area contributed by atoms with Crippen LogP contribution in [0.1, 0.15) is 70.4 Å². The number of carbonyl (C=O) groups excluding carboxylic acids is 4. The lowest BCUT2D eigenvalue weighted by Crippen LogP contribution is -2.48. The zero-order valence-corrected chi connectivity index (χ0v) is 21.0. The third kappa shape index (κ3) is 5.44. The highest BCUT2D eigenvalue weighted by atomic mass is 16.5. The van der Waals surface area contributed by atoms with Crippen LogP contribution in [0.2, 0.25) is 0 Å². The summed E-state index contributed by atoms with van der Waals surface area (Å²) < 4.78 is 6.16. The summed E-state index contributed by atoms with van der Waals surface area (Å²) in [5.41, 5.74) is 0.695. The molecule has 0 bridgehead atoms. The van der Waals surface area contributed by atoms with Gasteiger partial charge >= 0.3 is 0 Å². The van der Waals surface area contributed by atoms with Crippen LogP contribution in [0.25, 0.3) is 0 Å². The minimum Gasteiger partial charge on any atom is -0.489 e.